The van der Waals surface area contributed by atoms with Gasteiger partial charge in [-0.1, -0.05) is 18.2 Å². The van der Waals surface area contributed by atoms with Crippen molar-refractivity contribution in [1.29, 1.82) is 0 Å². The third kappa shape index (κ3) is 4.80. The van der Waals surface area contributed by atoms with Crippen LogP contribution in [0.3, 0.4) is 0 Å². The average molecular weight is 371 g/mol. The highest BCUT2D eigenvalue weighted by molar-refractivity contribution is 8.00. The molecule has 4 nitrogen and oxygen atoms in total. The summed E-state index contributed by atoms with van der Waals surface area (Å²) >= 11 is 1.85. The third-order valence-corrected chi connectivity index (χ3v) is 6.19. The topological polar surface area (TPSA) is 41.6 Å². The van der Waals surface area contributed by atoms with Crippen LogP contribution in [0, 0.1) is 0 Å². The Kier molecular flexibility index (Phi) is 6.22. The summed E-state index contributed by atoms with van der Waals surface area (Å²) < 4.78 is 5.54. The number of thioether (sulfide) groups is 1. The van der Waals surface area contributed by atoms with Crippen LogP contribution in [-0.2, 0) is 4.74 Å². The molecular formula is C21H26N2O2S. The fourth-order valence-corrected chi connectivity index (χ4v) is 4.36. The van der Waals surface area contributed by atoms with E-state index in [-0.39, 0.29) is 10.7 Å². The molecule has 1 N–H and O–H groups in total. The van der Waals surface area contributed by atoms with Gasteiger partial charge in [0.15, 0.2) is 0 Å². The lowest BCUT2D eigenvalue weighted by Gasteiger charge is -2.36. The van der Waals surface area contributed by atoms with Crippen molar-refractivity contribution >= 4 is 23.4 Å². The summed E-state index contributed by atoms with van der Waals surface area (Å²) in [4.78, 5) is 15.9. The van der Waals surface area contributed by atoms with Gasteiger partial charge in [0, 0.05) is 54.7 Å². The molecule has 0 aromatic heterocycles. The number of hydrogen-bond acceptors (Lipinski definition) is 4. The molecule has 0 aliphatic carbocycles. The maximum Gasteiger partial charge on any atom is 0.251 e. The largest absolute Gasteiger partial charge is 0.381 e. The second-order valence-electron chi connectivity index (χ2n) is 6.83. The summed E-state index contributed by atoms with van der Waals surface area (Å²) in [5, 5.41) is 3.15. The van der Waals surface area contributed by atoms with E-state index in [1.165, 1.54) is 4.90 Å². The summed E-state index contributed by atoms with van der Waals surface area (Å²) in [5.74, 6) is -0.0187. The van der Waals surface area contributed by atoms with Crippen LogP contribution >= 0.6 is 11.8 Å². The van der Waals surface area contributed by atoms with Crippen LogP contribution in [0.15, 0.2) is 59.5 Å². The number of carbonyl (C=O) groups is 1. The molecule has 0 bridgehead atoms. The average Bonchev–Trinajstić information content (AvgIpc) is 2.68. The van der Waals surface area contributed by atoms with E-state index in [9.17, 15) is 4.79 Å². The van der Waals surface area contributed by atoms with Crippen LogP contribution in [0.4, 0.5) is 5.69 Å². The van der Waals surface area contributed by atoms with Crippen LogP contribution in [0.5, 0.6) is 0 Å². The SMILES string of the molecule is CN(C)c1ccc(C(=O)NCC2(Sc3ccccc3)CCOCC2)cc1. The summed E-state index contributed by atoms with van der Waals surface area (Å²) in [6.07, 6.45) is 1.87. The fraction of sp³-hybridized carbons (Fsp3) is 0.381. The molecule has 1 heterocycles. The maximum atomic E-state index is 12.6. The Labute approximate surface area is 159 Å². The second kappa shape index (κ2) is 8.60. The molecule has 26 heavy (non-hydrogen) atoms. The quantitative estimate of drug-likeness (QED) is 0.839. The molecule has 0 saturated carbocycles. The summed E-state index contributed by atoms with van der Waals surface area (Å²) in [6, 6.07) is 18.1. The van der Waals surface area contributed by atoms with Crippen LogP contribution in [0.25, 0.3) is 0 Å². The van der Waals surface area contributed by atoms with E-state index in [1.54, 1.807) is 0 Å². The number of nitrogens with zero attached hydrogens (tertiary/aromatic N) is 1. The van der Waals surface area contributed by atoms with Gasteiger partial charge in [-0.05, 0) is 49.2 Å². The molecule has 1 aliphatic heterocycles. The molecule has 2 aromatic carbocycles. The first-order valence-corrected chi connectivity index (χ1v) is 9.77. The molecule has 1 amide bonds. The molecule has 3 rings (SSSR count). The van der Waals surface area contributed by atoms with Crippen molar-refractivity contribution in [1.82, 2.24) is 5.32 Å². The summed E-state index contributed by atoms with van der Waals surface area (Å²) in [7, 11) is 3.98. The van der Waals surface area contributed by atoms with Crippen LogP contribution < -0.4 is 10.2 Å². The van der Waals surface area contributed by atoms with E-state index >= 15 is 0 Å². The van der Waals surface area contributed by atoms with Gasteiger partial charge in [0.1, 0.15) is 0 Å². The van der Waals surface area contributed by atoms with Gasteiger partial charge in [-0.2, -0.15) is 0 Å². The monoisotopic (exact) mass is 370 g/mol. The maximum absolute atomic E-state index is 12.6. The van der Waals surface area contributed by atoms with E-state index < -0.39 is 0 Å². The number of rotatable bonds is 6. The Bertz CT molecular complexity index is 711. The number of anilines is 1. The highest BCUT2D eigenvalue weighted by atomic mass is 32.2. The van der Waals surface area contributed by atoms with Gasteiger partial charge in [0.25, 0.3) is 5.91 Å². The first kappa shape index (κ1) is 18.8. The zero-order chi connectivity index (χ0) is 18.4. The minimum atomic E-state index is -0.0187. The normalized spacial score (nSPS) is 16.1. The van der Waals surface area contributed by atoms with E-state index in [0.717, 1.165) is 31.7 Å². The predicted molar refractivity (Wildman–Crippen MR) is 108 cm³/mol. The summed E-state index contributed by atoms with van der Waals surface area (Å²) in [5.41, 5.74) is 1.78. The Hall–Kier alpha value is -1.98. The highest BCUT2D eigenvalue weighted by Gasteiger charge is 2.34. The molecule has 0 radical (unpaired) electrons. The first-order valence-electron chi connectivity index (χ1n) is 8.95. The molecule has 138 valence electrons. The molecule has 2 aromatic rings. The summed E-state index contributed by atoms with van der Waals surface area (Å²) in [6.45, 7) is 2.13. The molecule has 1 aliphatic rings. The fourth-order valence-electron chi connectivity index (χ4n) is 3.05. The van der Waals surface area contributed by atoms with Gasteiger partial charge in [-0.15, -0.1) is 11.8 Å². The highest BCUT2D eigenvalue weighted by Crippen LogP contribution is 2.40. The molecule has 1 saturated heterocycles. The lowest BCUT2D eigenvalue weighted by atomic mass is 9.99. The third-order valence-electron chi connectivity index (χ3n) is 4.70. The molecular weight excluding hydrogens is 344 g/mol. The number of hydrogen-bond donors (Lipinski definition) is 1. The molecule has 0 spiro atoms. The van der Waals surface area contributed by atoms with Crippen molar-refractivity contribution in [2.45, 2.75) is 22.5 Å². The van der Waals surface area contributed by atoms with Gasteiger partial charge in [0.2, 0.25) is 0 Å². The minimum Gasteiger partial charge on any atom is -0.381 e. The van der Waals surface area contributed by atoms with Crippen LogP contribution in [0.1, 0.15) is 23.2 Å². The lowest BCUT2D eigenvalue weighted by molar-refractivity contribution is 0.0741. The van der Waals surface area contributed by atoms with E-state index in [2.05, 4.69) is 29.6 Å². The predicted octanol–water partition coefficient (Wildman–Crippen LogP) is 3.82. The molecule has 5 heteroatoms. The Morgan fingerprint density at radius 1 is 1.08 bits per heavy atom. The van der Waals surface area contributed by atoms with Crippen molar-refractivity contribution in [3.8, 4) is 0 Å². The van der Waals surface area contributed by atoms with Crippen molar-refractivity contribution in [2.24, 2.45) is 0 Å². The smallest absolute Gasteiger partial charge is 0.251 e. The van der Waals surface area contributed by atoms with Crippen LogP contribution in [-0.4, -0.2) is 44.5 Å². The van der Waals surface area contributed by atoms with Gasteiger partial charge < -0.3 is 15.0 Å². The number of carbonyl (C=O) groups excluding carboxylic acids is 1. The zero-order valence-electron chi connectivity index (χ0n) is 15.4. The number of amides is 1. The Morgan fingerprint density at radius 2 is 1.73 bits per heavy atom. The van der Waals surface area contributed by atoms with Crippen molar-refractivity contribution in [3.63, 3.8) is 0 Å². The number of benzene rings is 2. The van der Waals surface area contributed by atoms with Crippen LogP contribution in [0.2, 0.25) is 0 Å². The van der Waals surface area contributed by atoms with E-state index in [1.807, 2.05) is 61.1 Å². The number of ether oxygens (including phenoxy) is 1. The lowest BCUT2D eigenvalue weighted by Crippen LogP contribution is -2.44. The van der Waals surface area contributed by atoms with Gasteiger partial charge in [-0.3, -0.25) is 4.79 Å². The van der Waals surface area contributed by atoms with Gasteiger partial charge in [0.05, 0.1) is 0 Å². The van der Waals surface area contributed by atoms with E-state index in [4.69, 9.17) is 4.74 Å². The second-order valence-corrected chi connectivity index (χ2v) is 8.38. The molecule has 1 fully saturated rings. The first-order chi connectivity index (χ1) is 12.6. The number of nitrogens with one attached hydrogen (secondary N) is 1. The minimum absolute atomic E-state index is 0.0150. The van der Waals surface area contributed by atoms with Gasteiger partial charge >= 0.3 is 0 Å². The van der Waals surface area contributed by atoms with E-state index in [0.29, 0.717) is 12.1 Å². The van der Waals surface area contributed by atoms with Crippen molar-refractivity contribution in [2.75, 3.05) is 38.8 Å². The molecule has 0 unspecified atom stereocenters. The Morgan fingerprint density at radius 3 is 2.35 bits per heavy atom. The zero-order valence-corrected chi connectivity index (χ0v) is 16.2. The Balaban J connectivity index is 1.66. The van der Waals surface area contributed by atoms with Crippen molar-refractivity contribution in [3.05, 3.63) is 60.2 Å². The van der Waals surface area contributed by atoms with Crippen molar-refractivity contribution < 1.29 is 9.53 Å². The standard InChI is InChI=1S/C21H26N2O2S/c1-23(2)18-10-8-17(9-11-18)20(24)22-16-21(12-14-25-15-13-21)26-19-6-4-3-5-7-19/h3-11H,12-16H2,1-2H3,(H,22,24). The molecule has 0 atom stereocenters. The van der Waals surface area contributed by atoms with Gasteiger partial charge in [-0.25, -0.2) is 0 Å².